The lowest BCUT2D eigenvalue weighted by Gasteiger charge is -2.16. The van der Waals surface area contributed by atoms with Crippen LogP contribution < -0.4 is 4.74 Å². The van der Waals surface area contributed by atoms with Crippen molar-refractivity contribution in [2.75, 3.05) is 0 Å². The lowest BCUT2D eigenvalue weighted by Crippen LogP contribution is -2.24. The molecule has 0 fully saturated rings. The molecule has 0 amide bonds. The van der Waals surface area contributed by atoms with E-state index < -0.39 is 0 Å². The summed E-state index contributed by atoms with van der Waals surface area (Å²) in [6.45, 7) is 4.20. The van der Waals surface area contributed by atoms with Gasteiger partial charge in [-0.25, -0.2) is 0 Å². The van der Waals surface area contributed by atoms with Crippen LogP contribution in [-0.4, -0.2) is 5.60 Å². The average molecular weight is 307 g/mol. The number of alkyl halides is 1. The maximum atomic E-state index is 6.58. The molecular weight excluding hydrogens is 291 g/mol. The summed E-state index contributed by atoms with van der Waals surface area (Å²) in [7, 11) is 0. The molecule has 0 aromatic heterocycles. The van der Waals surface area contributed by atoms with Crippen LogP contribution in [0.4, 0.5) is 0 Å². The maximum Gasteiger partial charge on any atom is 0.123 e. The van der Waals surface area contributed by atoms with Crippen LogP contribution in [0, 0.1) is 0 Å². The van der Waals surface area contributed by atoms with Gasteiger partial charge >= 0.3 is 0 Å². The van der Waals surface area contributed by atoms with Gasteiger partial charge in [0.25, 0.3) is 0 Å². The third-order valence-electron chi connectivity index (χ3n) is 3.52. The van der Waals surface area contributed by atoms with E-state index in [2.05, 4.69) is 19.9 Å². The molecule has 0 N–H and O–H groups in total. The summed E-state index contributed by atoms with van der Waals surface area (Å²) in [5.74, 6) is 0.966. The van der Waals surface area contributed by atoms with Gasteiger partial charge in [0.15, 0.2) is 0 Å². The largest absolute Gasteiger partial charge is 0.487 e. The molecule has 3 rings (SSSR count). The zero-order valence-corrected chi connectivity index (χ0v) is 13.0. The summed E-state index contributed by atoms with van der Waals surface area (Å²) in [6.07, 6.45) is 0.912. The Balaban J connectivity index is 1.93. The van der Waals surface area contributed by atoms with Crippen LogP contribution in [0.1, 0.15) is 35.9 Å². The molecule has 2 aromatic rings. The Morgan fingerprint density at radius 1 is 1.10 bits per heavy atom. The number of hydrogen-bond acceptors (Lipinski definition) is 1. The molecule has 1 heterocycles. The van der Waals surface area contributed by atoms with E-state index in [1.54, 1.807) is 0 Å². The van der Waals surface area contributed by atoms with E-state index in [1.165, 1.54) is 5.56 Å². The molecule has 0 bridgehead atoms. The van der Waals surface area contributed by atoms with Crippen molar-refractivity contribution in [3.8, 4) is 5.75 Å². The highest BCUT2D eigenvalue weighted by molar-refractivity contribution is 6.30. The summed E-state index contributed by atoms with van der Waals surface area (Å²) >= 11 is 12.6. The maximum absolute atomic E-state index is 6.58. The highest BCUT2D eigenvalue weighted by atomic mass is 35.5. The molecule has 3 heteroatoms. The molecule has 2 aromatic carbocycles. The molecule has 1 atom stereocenters. The Morgan fingerprint density at radius 3 is 2.60 bits per heavy atom. The Morgan fingerprint density at radius 2 is 1.85 bits per heavy atom. The van der Waals surface area contributed by atoms with Gasteiger partial charge in [-0.05, 0) is 48.7 Å². The number of fused-ring (bicyclic) bond motifs is 1. The monoisotopic (exact) mass is 306 g/mol. The second-order valence-electron chi connectivity index (χ2n) is 5.82. The van der Waals surface area contributed by atoms with Crippen LogP contribution in [0.3, 0.4) is 0 Å². The summed E-state index contributed by atoms with van der Waals surface area (Å²) in [5.41, 5.74) is 3.19. The molecule has 20 heavy (non-hydrogen) atoms. The van der Waals surface area contributed by atoms with Crippen molar-refractivity contribution in [1.82, 2.24) is 0 Å². The summed E-state index contributed by atoms with van der Waals surface area (Å²) in [5, 5.41) is 0.515. The SMILES string of the molecule is CC1(C)Cc2cc(C(Cl)c3cccc(Cl)c3)ccc2O1. The lowest BCUT2D eigenvalue weighted by molar-refractivity contribution is 0.138. The van der Waals surface area contributed by atoms with Gasteiger partial charge in [0.2, 0.25) is 0 Å². The zero-order chi connectivity index (χ0) is 14.3. The van der Waals surface area contributed by atoms with Crippen LogP contribution in [0.2, 0.25) is 5.02 Å². The van der Waals surface area contributed by atoms with Crippen molar-refractivity contribution in [3.63, 3.8) is 0 Å². The number of rotatable bonds is 2. The summed E-state index contributed by atoms with van der Waals surface area (Å²) < 4.78 is 5.89. The van der Waals surface area contributed by atoms with E-state index in [1.807, 2.05) is 36.4 Å². The first-order valence-corrected chi connectivity index (χ1v) is 7.47. The van der Waals surface area contributed by atoms with Crippen LogP contribution in [0.25, 0.3) is 0 Å². The molecule has 0 radical (unpaired) electrons. The normalized spacial score (nSPS) is 17.4. The first kappa shape index (κ1) is 13.8. The highest BCUT2D eigenvalue weighted by Gasteiger charge is 2.30. The van der Waals surface area contributed by atoms with Crippen LogP contribution in [0.15, 0.2) is 42.5 Å². The van der Waals surface area contributed by atoms with Gasteiger partial charge in [-0.2, -0.15) is 0 Å². The van der Waals surface area contributed by atoms with Gasteiger partial charge in [0.1, 0.15) is 11.4 Å². The molecule has 0 saturated heterocycles. The topological polar surface area (TPSA) is 9.23 Å². The predicted molar refractivity (Wildman–Crippen MR) is 84.0 cm³/mol. The Hall–Kier alpha value is -1.18. The molecule has 1 aliphatic heterocycles. The van der Waals surface area contributed by atoms with E-state index in [0.717, 1.165) is 23.3 Å². The fourth-order valence-corrected chi connectivity index (χ4v) is 3.11. The number of ether oxygens (including phenoxy) is 1. The molecule has 1 unspecified atom stereocenters. The molecule has 1 nitrogen and oxygen atoms in total. The minimum absolute atomic E-state index is 0.126. The molecular formula is C17H16Cl2O. The third-order valence-corrected chi connectivity index (χ3v) is 4.26. The van der Waals surface area contributed by atoms with E-state index in [9.17, 15) is 0 Å². The Labute approximate surface area is 129 Å². The van der Waals surface area contributed by atoms with Crippen molar-refractivity contribution in [2.45, 2.75) is 31.2 Å². The summed E-state index contributed by atoms with van der Waals surface area (Å²) in [6, 6.07) is 13.9. The highest BCUT2D eigenvalue weighted by Crippen LogP contribution is 2.38. The third kappa shape index (κ3) is 2.65. The van der Waals surface area contributed by atoms with E-state index in [0.29, 0.717) is 5.02 Å². The van der Waals surface area contributed by atoms with E-state index in [4.69, 9.17) is 27.9 Å². The first-order chi connectivity index (χ1) is 9.44. The minimum Gasteiger partial charge on any atom is -0.487 e. The number of hydrogen-bond donors (Lipinski definition) is 0. The van der Waals surface area contributed by atoms with Crippen molar-refractivity contribution in [2.24, 2.45) is 0 Å². The Bertz CT molecular complexity index is 649. The first-order valence-electron chi connectivity index (χ1n) is 6.66. The molecule has 0 spiro atoms. The van der Waals surface area contributed by atoms with Crippen LogP contribution >= 0.6 is 23.2 Å². The Kier molecular flexibility index (Phi) is 3.43. The van der Waals surface area contributed by atoms with Crippen molar-refractivity contribution in [1.29, 1.82) is 0 Å². The van der Waals surface area contributed by atoms with Gasteiger partial charge in [0, 0.05) is 11.4 Å². The van der Waals surface area contributed by atoms with Crippen molar-refractivity contribution in [3.05, 3.63) is 64.2 Å². The zero-order valence-electron chi connectivity index (χ0n) is 11.5. The predicted octanol–water partition coefficient (Wildman–Crippen LogP) is 5.38. The quantitative estimate of drug-likeness (QED) is 0.677. The fraction of sp³-hybridized carbons (Fsp3) is 0.294. The van der Waals surface area contributed by atoms with Crippen molar-refractivity contribution >= 4 is 23.2 Å². The van der Waals surface area contributed by atoms with Crippen molar-refractivity contribution < 1.29 is 4.74 Å². The molecule has 104 valence electrons. The number of halogens is 2. The summed E-state index contributed by atoms with van der Waals surface area (Å²) in [4.78, 5) is 0. The number of benzene rings is 2. The van der Waals surface area contributed by atoms with Gasteiger partial charge in [-0.15, -0.1) is 11.6 Å². The average Bonchev–Trinajstić information content (AvgIpc) is 2.70. The van der Waals surface area contributed by atoms with E-state index >= 15 is 0 Å². The van der Waals surface area contributed by atoms with Crippen LogP contribution in [0.5, 0.6) is 5.75 Å². The molecule has 0 saturated carbocycles. The van der Waals surface area contributed by atoms with Gasteiger partial charge in [-0.1, -0.05) is 35.9 Å². The standard InChI is InChI=1S/C17H16Cl2O/c1-17(2)10-13-8-12(6-7-15(13)20-17)16(19)11-4-3-5-14(18)9-11/h3-9,16H,10H2,1-2H3. The minimum atomic E-state index is -0.192. The van der Waals surface area contributed by atoms with Gasteiger partial charge in [0.05, 0.1) is 5.38 Å². The van der Waals surface area contributed by atoms with Gasteiger partial charge < -0.3 is 4.74 Å². The van der Waals surface area contributed by atoms with Crippen LogP contribution in [-0.2, 0) is 6.42 Å². The van der Waals surface area contributed by atoms with E-state index in [-0.39, 0.29) is 11.0 Å². The lowest BCUT2D eigenvalue weighted by atomic mass is 9.97. The molecule has 1 aliphatic rings. The second kappa shape index (κ2) is 4.98. The molecule has 0 aliphatic carbocycles. The smallest absolute Gasteiger partial charge is 0.123 e. The van der Waals surface area contributed by atoms with Gasteiger partial charge in [-0.3, -0.25) is 0 Å². The second-order valence-corrected chi connectivity index (χ2v) is 6.70. The fourth-order valence-electron chi connectivity index (χ4n) is 2.64.